The first kappa shape index (κ1) is 20.1. The maximum Gasteiger partial charge on any atom is 0.186 e. The molecule has 0 atom stereocenters. The molecule has 1 aliphatic heterocycles. The van der Waals surface area contributed by atoms with Crippen LogP contribution in [0.5, 0.6) is 5.75 Å². The van der Waals surface area contributed by atoms with Crippen molar-refractivity contribution in [3.63, 3.8) is 0 Å². The van der Waals surface area contributed by atoms with Crippen molar-refractivity contribution in [1.82, 2.24) is 14.9 Å². The zero-order valence-electron chi connectivity index (χ0n) is 17.4. The molecule has 8 heteroatoms. The molecule has 160 valence electrons. The van der Waals surface area contributed by atoms with Crippen LogP contribution in [0.15, 0.2) is 84.0 Å². The molecule has 1 N–H and O–H groups in total. The highest BCUT2D eigenvalue weighted by molar-refractivity contribution is 7.67. The molecule has 0 aliphatic carbocycles. The van der Waals surface area contributed by atoms with Gasteiger partial charge in [0.15, 0.2) is 28.2 Å². The molecular formula is C24H21N5O2S. The van der Waals surface area contributed by atoms with E-state index in [0.717, 1.165) is 29.1 Å². The van der Waals surface area contributed by atoms with Gasteiger partial charge in [0.1, 0.15) is 5.75 Å². The molecule has 0 unspecified atom stereocenters. The minimum atomic E-state index is -1.70. The third-order valence-corrected chi connectivity index (χ3v) is 5.84. The van der Waals surface area contributed by atoms with Gasteiger partial charge in [0.25, 0.3) is 0 Å². The smallest absolute Gasteiger partial charge is 0.186 e. The summed E-state index contributed by atoms with van der Waals surface area (Å²) in [6, 6.07) is 25.1. The lowest BCUT2D eigenvalue weighted by atomic mass is 10.1. The zero-order chi connectivity index (χ0) is 21.9. The van der Waals surface area contributed by atoms with Crippen LogP contribution >= 0.6 is 0 Å². The quantitative estimate of drug-likeness (QED) is 0.464. The molecule has 0 amide bonds. The molecule has 1 aromatic heterocycles. The molecule has 7 nitrogen and oxygen atoms in total. The van der Waals surface area contributed by atoms with Gasteiger partial charge in [-0.1, -0.05) is 48.0 Å². The summed E-state index contributed by atoms with van der Waals surface area (Å²) in [5, 5.41) is 13.3. The van der Waals surface area contributed by atoms with Crippen LogP contribution in [0.25, 0.3) is 11.4 Å². The van der Waals surface area contributed by atoms with Crippen LogP contribution in [0.4, 0.5) is 5.69 Å². The van der Waals surface area contributed by atoms with E-state index in [1.54, 1.807) is 16.8 Å². The Bertz CT molecular complexity index is 1350. The molecule has 0 fully saturated rings. The van der Waals surface area contributed by atoms with E-state index >= 15 is 0 Å². The summed E-state index contributed by atoms with van der Waals surface area (Å²) in [6.07, 6.45) is 1.48. The van der Waals surface area contributed by atoms with Crippen molar-refractivity contribution in [3.05, 3.63) is 95.8 Å². The van der Waals surface area contributed by atoms with Gasteiger partial charge in [-0.15, -0.1) is 10.2 Å². The molecule has 5 rings (SSSR count). The third-order valence-electron chi connectivity index (χ3n) is 5.10. The van der Waals surface area contributed by atoms with E-state index in [1.807, 2.05) is 61.5 Å². The Hall–Kier alpha value is -3.78. The van der Waals surface area contributed by atoms with Crippen molar-refractivity contribution in [2.75, 3.05) is 0 Å². The van der Waals surface area contributed by atoms with E-state index in [0.29, 0.717) is 23.7 Å². The fraction of sp³-hybridized carbons (Fsp3) is 0.125. The monoisotopic (exact) mass is 443 g/mol. The van der Waals surface area contributed by atoms with Crippen LogP contribution in [0, 0.1) is 6.92 Å². The Morgan fingerprint density at radius 2 is 1.72 bits per heavy atom. The van der Waals surface area contributed by atoms with Crippen molar-refractivity contribution in [1.29, 1.82) is 0 Å². The normalized spacial score (nSPS) is 13.6. The molecule has 1 aliphatic rings. The third kappa shape index (κ3) is 4.45. The molecule has 0 spiro atoms. The molecule has 4 aromatic rings. The highest BCUT2D eigenvalue weighted by atomic mass is 32.2. The average molecular weight is 444 g/mol. The highest BCUT2D eigenvalue weighted by Crippen LogP contribution is 2.23. The van der Waals surface area contributed by atoms with Crippen LogP contribution in [-0.4, -0.2) is 20.6 Å². The Kier molecular flexibility index (Phi) is 5.51. The lowest BCUT2D eigenvalue weighted by Gasteiger charge is -2.05. The van der Waals surface area contributed by atoms with Gasteiger partial charge in [-0.25, -0.2) is 0 Å². The number of aryl methyl sites for hydroxylation is 1. The topological polar surface area (TPSA) is 83.3 Å². The average Bonchev–Trinajstić information content (AvgIpc) is 3.37. The summed E-state index contributed by atoms with van der Waals surface area (Å²) in [4.78, 5) is 0. The summed E-state index contributed by atoms with van der Waals surface area (Å²) in [7, 11) is -1.70. The van der Waals surface area contributed by atoms with E-state index in [4.69, 9.17) is 9.28 Å². The van der Waals surface area contributed by atoms with Crippen LogP contribution in [-0.2, 0) is 27.9 Å². The number of hydrogen-bond donors (Lipinski definition) is 1. The fourth-order valence-electron chi connectivity index (χ4n) is 3.48. The highest BCUT2D eigenvalue weighted by Gasteiger charge is 2.21. The number of nitrogens with one attached hydrogen (secondary N) is 1. The Balaban J connectivity index is 1.31. The SMILES string of the molecule is Cc1ccc(O[S-](=O)=[NH+]c2ccc(-c3nnc4n3N=C(Cc3ccccc3)C4)cc2)cc1. The predicted molar refractivity (Wildman–Crippen MR) is 123 cm³/mol. The number of benzene rings is 3. The maximum atomic E-state index is 12.3. The molecule has 0 bridgehead atoms. The van der Waals surface area contributed by atoms with Crippen molar-refractivity contribution in [2.24, 2.45) is 5.10 Å². The van der Waals surface area contributed by atoms with Crippen molar-refractivity contribution in [3.8, 4) is 17.1 Å². The van der Waals surface area contributed by atoms with Gasteiger partial charge in [0, 0.05) is 24.1 Å². The maximum absolute atomic E-state index is 12.3. The lowest BCUT2D eigenvalue weighted by molar-refractivity contribution is -0.327. The molecule has 0 saturated carbocycles. The number of nitrogens with zero attached hydrogens (tertiary/aromatic N) is 4. The Labute approximate surface area is 187 Å². The fourth-order valence-corrected chi connectivity index (χ4v) is 4.14. The molecule has 0 radical (unpaired) electrons. The predicted octanol–water partition coefficient (Wildman–Crippen LogP) is 3.11. The van der Waals surface area contributed by atoms with Crippen LogP contribution in [0.1, 0.15) is 17.0 Å². The molecule has 0 saturated heterocycles. The first-order valence-electron chi connectivity index (χ1n) is 10.2. The Morgan fingerprint density at radius 1 is 0.969 bits per heavy atom. The van der Waals surface area contributed by atoms with E-state index in [1.165, 1.54) is 5.56 Å². The molecule has 32 heavy (non-hydrogen) atoms. The van der Waals surface area contributed by atoms with Gasteiger partial charge in [0.2, 0.25) is 0 Å². The van der Waals surface area contributed by atoms with Gasteiger partial charge < -0.3 is 8.39 Å². The standard InChI is InChI=1S/C24H21N5O2S/c1-17-7-13-22(14-8-17)31-32(30)28-20-11-9-19(10-12-20)24-26-25-23-16-21(27-29(23)24)15-18-5-3-2-4-6-18/h2-14,28H,15-16H2,1H3. The first-order chi connectivity index (χ1) is 15.6. The second-order valence-corrected chi connectivity index (χ2v) is 8.41. The second kappa shape index (κ2) is 8.76. The van der Waals surface area contributed by atoms with Gasteiger partial charge in [-0.3, -0.25) is 4.36 Å². The minimum absolute atomic E-state index is 0.543. The van der Waals surface area contributed by atoms with E-state index in [-0.39, 0.29) is 0 Å². The summed E-state index contributed by atoms with van der Waals surface area (Å²) >= 11 is 0. The lowest BCUT2D eigenvalue weighted by Crippen LogP contribution is -2.61. The summed E-state index contributed by atoms with van der Waals surface area (Å²) in [5.41, 5.74) is 4.95. The van der Waals surface area contributed by atoms with Gasteiger partial charge >= 0.3 is 0 Å². The Morgan fingerprint density at radius 3 is 2.47 bits per heavy atom. The van der Waals surface area contributed by atoms with Gasteiger partial charge in [-0.2, -0.15) is 9.78 Å². The van der Waals surface area contributed by atoms with Crippen molar-refractivity contribution < 1.29 is 12.8 Å². The van der Waals surface area contributed by atoms with Gasteiger partial charge in [0.05, 0.1) is 12.1 Å². The molecule has 3 aromatic carbocycles. The number of fused-ring (bicyclic) bond motifs is 1. The minimum Gasteiger partial charge on any atom is -0.516 e. The number of aromatic nitrogens is 3. The van der Waals surface area contributed by atoms with Crippen LogP contribution in [0.3, 0.4) is 0 Å². The second-order valence-electron chi connectivity index (χ2n) is 7.57. The summed E-state index contributed by atoms with van der Waals surface area (Å²) in [6.45, 7) is 1.99. The van der Waals surface area contributed by atoms with E-state index in [9.17, 15) is 4.21 Å². The number of hydrogen-bond acceptors (Lipinski definition) is 6. The van der Waals surface area contributed by atoms with Crippen LogP contribution in [0.2, 0.25) is 0 Å². The number of rotatable bonds is 6. The van der Waals surface area contributed by atoms with Crippen molar-refractivity contribution in [2.45, 2.75) is 19.8 Å². The van der Waals surface area contributed by atoms with E-state index < -0.39 is 10.9 Å². The van der Waals surface area contributed by atoms with Crippen molar-refractivity contribution >= 4 is 22.3 Å². The summed E-state index contributed by atoms with van der Waals surface area (Å²) < 4.78 is 22.3. The largest absolute Gasteiger partial charge is 0.516 e. The first-order valence-corrected chi connectivity index (χ1v) is 11.3. The van der Waals surface area contributed by atoms with Crippen LogP contribution < -0.4 is 8.55 Å². The van der Waals surface area contributed by atoms with E-state index in [2.05, 4.69) is 26.7 Å². The summed E-state index contributed by atoms with van der Waals surface area (Å²) in [5.74, 6) is 2.06. The van der Waals surface area contributed by atoms with Gasteiger partial charge in [-0.05, 0) is 36.8 Å². The zero-order valence-corrected chi connectivity index (χ0v) is 18.2. The molecule has 2 heterocycles. The molecular weight excluding hydrogens is 422 g/mol.